The number of hydrogen-bond acceptors (Lipinski definition) is 5. The van der Waals surface area contributed by atoms with Crippen molar-refractivity contribution in [3.63, 3.8) is 0 Å². The maximum absolute atomic E-state index is 12.0. The molecule has 0 spiro atoms. The zero-order valence-electron chi connectivity index (χ0n) is 12.1. The lowest BCUT2D eigenvalue weighted by Crippen LogP contribution is -2.20. The molecule has 0 saturated carbocycles. The Morgan fingerprint density at radius 2 is 2.05 bits per heavy atom. The predicted molar refractivity (Wildman–Crippen MR) is 80.7 cm³/mol. The van der Waals surface area contributed by atoms with Gasteiger partial charge in [0, 0.05) is 37.8 Å². The van der Waals surface area contributed by atoms with Crippen LogP contribution in [0.4, 0.5) is 0 Å². The van der Waals surface area contributed by atoms with Crippen molar-refractivity contribution in [2.45, 2.75) is 18.6 Å². The summed E-state index contributed by atoms with van der Waals surface area (Å²) in [5, 5.41) is -0.529. The molecule has 0 radical (unpaired) electrons. The van der Waals surface area contributed by atoms with Crippen LogP contribution in [0.15, 0.2) is 35.4 Å². The smallest absolute Gasteiger partial charge is 0.261 e. The van der Waals surface area contributed by atoms with Gasteiger partial charge in [-0.25, -0.2) is 18.4 Å². The Balaban J connectivity index is 2.39. The zero-order chi connectivity index (χ0) is 15.6. The minimum absolute atomic E-state index is 0.189. The van der Waals surface area contributed by atoms with Crippen LogP contribution in [0.2, 0.25) is 0 Å². The monoisotopic (exact) mass is 307 g/mol. The second kappa shape index (κ2) is 5.77. The highest BCUT2D eigenvalue weighted by atomic mass is 32.2. The molecule has 0 aliphatic carbocycles. The lowest BCUT2D eigenvalue weighted by atomic mass is 10.2. The summed E-state index contributed by atoms with van der Waals surface area (Å²) in [6, 6.07) is 5.06. The van der Waals surface area contributed by atoms with Crippen molar-refractivity contribution < 1.29 is 8.42 Å². The summed E-state index contributed by atoms with van der Waals surface area (Å²) in [5.41, 5.74) is 0.809. The summed E-state index contributed by atoms with van der Waals surface area (Å²) < 4.78 is 24.4. The van der Waals surface area contributed by atoms with Gasteiger partial charge in [-0.15, -0.1) is 0 Å². The van der Waals surface area contributed by atoms with E-state index >= 15 is 0 Å². The first-order valence-corrected chi connectivity index (χ1v) is 8.41. The van der Waals surface area contributed by atoms with Crippen molar-refractivity contribution in [3.8, 4) is 11.4 Å². The Kier molecular flexibility index (Phi) is 4.22. The van der Waals surface area contributed by atoms with Gasteiger partial charge in [-0.2, -0.15) is 0 Å². The molecule has 0 aliphatic rings. The van der Waals surface area contributed by atoms with Gasteiger partial charge in [0.1, 0.15) is 9.84 Å². The molecule has 2 rings (SSSR count). The molecule has 2 aromatic heterocycles. The maximum Gasteiger partial charge on any atom is 0.261 e. The van der Waals surface area contributed by atoms with Crippen LogP contribution in [0, 0.1) is 0 Å². The van der Waals surface area contributed by atoms with E-state index in [4.69, 9.17) is 0 Å². The third kappa shape index (κ3) is 3.55. The molecule has 6 nitrogen and oxygen atoms in total. The van der Waals surface area contributed by atoms with Gasteiger partial charge in [0.15, 0.2) is 5.82 Å². The average Bonchev–Trinajstić information content (AvgIpc) is 2.41. The number of hydrogen-bond donors (Lipinski definition) is 0. The molecule has 2 heterocycles. The molecule has 0 bridgehead atoms. The molecule has 0 aromatic carbocycles. The molecular weight excluding hydrogens is 290 g/mol. The van der Waals surface area contributed by atoms with Crippen LogP contribution in [0.25, 0.3) is 11.4 Å². The summed E-state index contributed by atoms with van der Waals surface area (Å²) in [6.07, 6.45) is 4.69. The molecule has 112 valence electrons. The van der Waals surface area contributed by atoms with Crippen molar-refractivity contribution in [2.24, 2.45) is 7.05 Å². The van der Waals surface area contributed by atoms with E-state index < -0.39 is 15.1 Å². The van der Waals surface area contributed by atoms with E-state index in [1.54, 1.807) is 44.6 Å². The summed E-state index contributed by atoms with van der Waals surface area (Å²) >= 11 is 0. The number of rotatable bonds is 4. The quantitative estimate of drug-likeness (QED) is 0.835. The van der Waals surface area contributed by atoms with Crippen LogP contribution in [0.3, 0.4) is 0 Å². The van der Waals surface area contributed by atoms with Gasteiger partial charge in [0.2, 0.25) is 0 Å². The van der Waals surface area contributed by atoms with Crippen molar-refractivity contribution >= 4 is 9.84 Å². The van der Waals surface area contributed by atoms with Crippen LogP contribution < -0.4 is 5.56 Å². The van der Waals surface area contributed by atoms with Crippen molar-refractivity contribution in [3.05, 3.63) is 46.6 Å². The fourth-order valence-electron chi connectivity index (χ4n) is 1.85. The van der Waals surface area contributed by atoms with Gasteiger partial charge in [-0.05, 0) is 25.1 Å². The van der Waals surface area contributed by atoms with Crippen molar-refractivity contribution in [1.29, 1.82) is 0 Å². The summed E-state index contributed by atoms with van der Waals surface area (Å²) in [4.78, 5) is 20.5. The molecule has 0 fully saturated rings. The van der Waals surface area contributed by atoms with Gasteiger partial charge < -0.3 is 4.57 Å². The molecule has 0 saturated heterocycles. The minimum atomic E-state index is -3.12. The SMILES string of the molecule is CC(Cc1ccnc(-c2cccn(C)c2=O)n1)S(C)(=O)=O. The van der Waals surface area contributed by atoms with E-state index in [0.717, 1.165) is 0 Å². The van der Waals surface area contributed by atoms with Crippen molar-refractivity contribution in [1.82, 2.24) is 14.5 Å². The van der Waals surface area contributed by atoms with E-state index in [2.05, 4.69) is 9.97 Å². The van der Waals surface area contributed by atoms with Crippen LogP contribution in [0.1, 0.15) is 12.6 Å². The van der Waals surface area contributed by atoms with Crippen LogP contribution in [-0.2, 0) is 23.3 Å². The Bertz CT molecular complexity index is 812. The summed E-state index contributed by atoms with van der Waals surface area (Å²) in [7, 11) is -1.47. The standard InChI is InChI=1S/C14H17N3O3S/c1-10(21(3,19)20)9-11-6-7-15-13(16-11)12-5-4-8-17(2)14(12)18/h4-8,10H,9H2,1-3H3. The minimum Gasteiger partial charge on any atom is -0.318 e. The highest BCUT2D eigenvalue weighted by molar-refractivity contribution is 7.91. The number of sulfone groups is 1. The maximum atomic E-state index is 12.0. The Morgan fingerprint density at radius 1 is 1.33 bits per heavy atom. The van der Waals surface area contributed by atoms with E-state index in [1.165, 1.54) is 10.8 Å². The number of aryl methyl sites for hydroxylation is 1. The first kappa shape index (κ1) is 15.4. The normalized spacial score (nSPS) is 13.1. The Morgan fingerprint density at radius 3 is 2.71 bits per heavy atom. The number of nitrogens with zero attached hydrogens (tertiary/aromatic N) is 3. The number of pyridine rings is 1. The second-order valence-electron chi connectivity index (χ2n) is 5.05. The lowest BCUT2D eigenvalue weighted by molar-refractivity contribution is 0.588. The lowest BCUT2D eigenvalue weighted by Gasteiger charge is -2.09. The first-order chi connectivity index (χ1) is 9.79. The van der Waals surface area contributed by atoms with Crippen LogP contribution in [-0.4, -0.2) is 34.5 Å². The highest BCUT2D eigenvalue weighted by Gasteiger charge is 2.17. The van der Waals surface area contributed by atoms with Gasteiger partial charge >= 0.3 is 0 Å². The number of aromatic nitrogens is 3. The van der Waals surface area contributed by atoms with Gasteiger partial charge in [-0.1, -0.05) is 0 Å². The molecule has 7 heteroatoms. The molecular formula is C14H17N3O3S. The van der Waals surface area contributed by atoms with E-state index in [1.807, 2.05) is 0 Å². The topological polar surface area (TPSA) is 81.9 Å². The van der Waals surface area contributed by atoms with Gasteiger partial charge in [0.05, 0.1) is 10.8 Å². The molecule has 21 heavy (non-hydrogen) atoms. The predicted octanol–water partition coefficient (Wildman–Crippen LogP) is 0.818. The van der Waals surface area contributed by atoms with Crippen molar-refractivity contribution in [2.75, 3.05) is 6.26 Å². The van der Waals surface area contributed by atoms with Gasteiger partial charge in [0.25, 0.3) is 5.56 Å². The second-order valence-corrected chi connectivity index (χ2v) is 7.52. The first-order valence-electron chi connectivity index (χ1n) is 6.46. The summed E-state index contributed by atoms with van der Waals surface area (Å²) in [5.74, 6) is 0.314. The third-order valence-electron chi connectivity index (χ3n) is 3.30. The van der Waals surface area contributed by atoms with Crippen LogP contribution in [0.5, 0.6) is 0 Å². The molecule has 0 aliphatic heterocycles. The molecule has 1 atom stereocenters. The summed E-state index contributed by atoms with van der Waals surface area (Å²) in [6.45, 7) is 1.64. The largest absolute Gasteiger partial charge is 0.318 e. The molecule has 0 amide bonds. The molecule has 1 unspecified atom stereocenters. The Labute approximate surface area is 123 Å². The van der Waals surface area contributed by atoms with Gasteiger partial charge in [-0.3, -0.25) is 4.79 Å². The Hall–Kier alpha value is -2.02. The third-order valence-corrected chi connectivity index (χ3v) is 4.93. The fourth-order valence-corrected chi connectivity index (χ4v) is 2.33. The van der Waals surface area contributed by atoms with E-state index in [9.17, 15) is 13.2 Å². The fraction of sp³-hybridized carbons (Fsp3) is 0.357. The van der Waals surface area contributed by atoms with Crippen LogP contribution >= 0.6 is 0 Å². The molecule has 2 aromatic rings. The molecule has 0 N–H and O–H groups in total. The highest BCUT2D eigenvalue weighted by Crippen LogP contribution is 2.12. The average molecular weight is 307 g/mol. The zero-order valence-corrected chi connectivity index (χ0v) is 13.0. The van der Waals surface area contributed by atoms with E-state index in [-0.39, 0.29) is 5.56 Å². The van der Waals surface area contributed by atoms with E-state index in [0.29, 0.717) is 23.5 Å².